The molecule has 30 heavy (non-hydrogen) atoms. The number of benzene rings is 1. The van der Waals surface area contributed by atoms with Gasteiger partial charge in [0.15, 0.2) is 0 Å². The molecule has 0 aliphatic carbocycles. The molecule has 1 aromatic heterocycles. The van der Waals surface area contributed by atoms with E-state index in [1.54, 1.807) is 12.1 Å². The van der Waals surface area contributed by atoms with Crippen LogP contribution in [0.4, 0.5) is 4.39 Å². The third kappa shape index (κ3) is 6.27. The summed E-state index contributed by atoms with van der Waals surface area (Å²) in [5.74, 6) is 0.440. The molecule has 4 rings (SSSR count). The van der Waals surface area contributed by atoms with Gasteiger partial charge in [-0.15, -0.1) is 12.4 Å². The third-order valence-corrected chi connectivity index (χ3v) is 5.90. The van der Waals surface area contributed by atoms with Crippen LogP contribution in [-0.4, -0.2) is 52.8 Å². The van der Waals surface area contributed by atoms with Crippen molar-refractivity contribution in [1.29, 1.82) is 0 Å². The number of hydrogen-bond acceptors (Lipinski definition) is 4. The van der Waals surface area contributed by atoms with Gasteiger partial charge in [-0.25, -0.2) is 4.39 Å². The standard InChI is InChI=1S/C22H30FN5O.ClH/c23-20-7-5-17(6-8-20)15-28-16-19(12-26-28)14-27-10-2-3-18(13-27)11-25-22(29)21-4-1-9-24-21;/h5-8,12,16,18,21,24H,1-4,9-11,13-15H2,(H,25,29);1H. The van der Waals surface area contributed by atoms with Crippen LogP contribution in [0.15, 0.2) is 36.7 Å². The molecule has 2 aliphatic heterocycles. The highest BCUT2D eigenvalue weighted by molar-refractivity contribution is 5.85. The molecular weight excluding hydrogens is 405 g/mol. The largest absolute Gasteiger partial charge is 0.354 e. The second kappa shape index (κ2) is 10.9. The number of piperidine rings is 1. The summed E-state index contributed by atoms with van der Waals surface area (Å²) in [7, 11) is 0. The molecule has 8 heteroatoms. The Hall–Kier alpha value is -1.96. The molecule has 6 nitrogen and oxygen atoms in total. The number of amides is 1. The molecular formula is C22H31ClFN5O. The minimum Gasteiger partial charge on any atom is -0.354 e. The molecule has 1 aromatic carbocycles. The molecule has 1 amide bonds. The van der Waals surface area contributed by atoms with Crippen LogP contribution in [0, 0.1) is 11.7 Å². The zero-order chi connectivity index (χ0) is 20.1. The number of carbonyl (C=O) groups is 1. The zero-order valence-corrected chi connectivity index (χ0v) is 18.0. The van der Waals surface area contributed by atoms with E-state index >= 15 is 0 Å². The molecule has 0 radical (unpaired) electrons. The minimum atomic E-state index is -0.217. The third-order valence-electron chi connectivity index (χ3n) is 5.90. The number of likely N-dealkylation sites (tertiary alicyclic amines) is 1. The van der Waals surface area contributed by atoms with E-state index < -0.39 is 0 Å². The Labute approximate surface area is 183 Å². The molecule has 0 spiro atoms. The van der Waals surface area contributed by atoms with E-state index in [2.05, 4.69) is 26.8 Å². The summed E-state index contributed by atoms with van der Waals surface area (Å²) >= 11 is 0. The molecule has 2 N–H and O–H groups in total. The number of carbonyl (C=O) groups excluding carboxylic acids is 1. The summed E-state index contributed by atoms with van der Waals surface area (Å²) in [5, 5.41) is 10.9. The van der Waals surface area contributed by atoms with Gasteiger partial charge in [-0.1, -0.05) is 12.1 Å². The maximum atomic E-state index is 13.0. The highest BCUT2D eigenvalue weighted by Crippen LogP contribution is 2.18. The monoisotopic (exact) mass is 435 g/mol. The maximum Gasteiger partial charge on any atom is 0.237 e. The van der Waals surface area contributed by atoms with E-state index in [0.29, 0.717) is 12.5 Å². The van der Waals surface area contributed by atoms with Crippen LogP contribution in [0.1, 0.15) is 36.8 Å². The van der Waals surface area contributed by atoms with Crippen molar-refractivity contribution in [3.8, 4) is 0 Å². The van der Waals surface area contributed by atoms with Gasteiger partial charge < -0.3 is 10.6 Å². The van der Waals surface area contributed by atoms with Crippen LogP contribution in [0.5, 0.6) is 0 Å². The summed E-state index contributed by atoms with van der Waals surface area (Å²) in [6.07, 6.45) is 8.35. The first-order chi connectivity index (χ1) is 14.2. The summed E-state index contributed by atoms with van der Waals surface area (Å²) < 4.78 is 14.9. The number of nitrogens with one attached hydrogen (secondary N) is 2. The topological polar surface area (TPSA) is 62.2 Å². The normalized spacial score (nSPS) is 21.9. The first kappa shape index (κ1) is 22.7. The SMILES string of the molecule is Cl.O=C(NCC1CCCN(Cc2cnn(Cc3ccc(F)cc3)c2)C1)C1CCCN1. The fourth-order valence-electron chi connectivity index (χ4n) is 4.35. The first-order valence-corrected chi connectivity index (χ1v) is 10.6. The van der Waals surface area contributed by atoms with Crippen LogP contribution < -0.4 is 10.6 Å². The first-order valence-electron chi connectivity index (χ1n) is 10.6. The van der Waals surface area contributed by atoms with Crippen molar-refractivity contribution in [3.63, 3.8) is 0 Å². The fourth-order valence-corrected chi connectivity index (χ4v) is 4.35. The van der Waals surface area contributed by atoms with Crippen molar-refractivity contribution in [2.45, 2.75) is 44.8 Å². The van der Waals surface area contributed by atoms with Crippen LogP contribution in [0.25, 0.3) is 0 Å². The Kier molecular flexibility index (Phi) is 8.24. The van der Waals surface area contributed by atoms with Gasteiger partial charge >= 0.3 is 0 Å². The van der Waals surface area contributed by atoms with Gasteiger partial charge in [-0.3, -0.25) is 14.4 Å². The van der Waals surface area contributed by atoms with Crippen molar-refractivity contribution < 1.29 is 9.18 Å². The van der Waals surface area contributed by atoms with Gasteiger partial charge in [0.2, 0.25) is 5.91 Å². The second-order valence-electron chi connectivity index (χ2n) is 8.31. The van der Waals surface area contributed by atoms with Crippen molar-refractivity contribution in [2.24, 2.45) is 5.92 Å². The number of nitrogens with zero attached hydrogens (tertiary/aromatic N) is 3. The van der Waals surface area contributed by atoms with Crippen LogP contribution in [-0.2, 0) is 17.9 Å². The molecule has 2 aliphatic rings. The number of rotatable bonds is 7. The summed E-state index contributed by atoms with van der Waals surface area (Å²) in [4.78, 5) is 14.7. The van der Waals surface area contributed by atoms with Gasteiger partial charge in [0.25, 0.3) is 0 Å². The number of halogens is 2. The lowest BCUT2D eigenvalue weighted by molar-refractivity contribution is -0.123. The Morgan fingerprint density at radius 3 is 2.77 bits per heavy atom. The molecule has 2 atom stereocenters. The van der Waals surface area contributed by atoms with E-state index in [0.717, 1.165) is 57.5 Å². The Morgan fingerprint density at radius 1 is 1.17 bits per heavy atom. The van der Waals surface area contributed by atoms with Crippen molar-refractivity contribution >= 4 is 18.3 Å². The van der Waals surface area contributed by atoms with Gasteiger partial charge in [0.1, 0.15) is 5.82 Å². The predicted molar refractivity (Wildman–Crippen MR) is 117 cm³/mol. The minimum absolute atomic E-state index is 0. The Morgan fingerprint density at radius 2 is 2.00 bits per heavy atom. The average Bonchev–Trinajstić information content (AvgIpc) is 3.41. The predicted octanol–water partition coefficient (Wildman–Crippen LogP) is 2.57. The summed E-state index contributed by atoms with van der Waals surface area (Å²) in [5.41, 5.74) is 2.22. The molecule has 2 unspecified atom stereocenters. The van der Waals surface area contributed by atoms with Gasteiger partial charge in [0.05, 0.1) is 18.8 Å². The second-order valence-corrected chi connectivity index (χ2v) is 8.31. The Bertz CT molecular complexity index is 806. The lowest BCUT2D eigenvalue weighted by atomic mass is 9.97. The van der Waals surface area contributed by atoms with Crippen molar-refractivity contribution in [2.75, 3.05) is 26.2 Å². The van der Waals surface area contributed by atoms with Gasteiger partial charge in [-0.2, -0.15) is 5.10 Å². The number of aromatic nitrogens is 2. The van der Waals surface area contributed by atoms with Crippen molar-refractivity contribution in [1.82, 2.24) is 25.3 Å². The van der Waals surface area contributed by atoms with Gasteiger partial charge in [-0.05, 0) is 62.4 Å². The van der Waals surface area contributed by atoms with E-state index in [-0.39, 0.29) is 30.2 Å². The summed E-state index contributed by atoms with van der Waals surface area (Å²) in [6.45, 7) is 5.31. The lowest BCUT2D eigenvalue weighted by Gasteiger charge is -2.32. The highest BCUT2D eigenvalue weighted by atomic mass is 35.5. The molecule has 3 heterocycles. The smallest absolute Gasteiger partial charge is 0.237 e. The summed E-state index contributed by atoms with van der Waals surface area (Å²) in [6, 6.07) is 6.55. The molecule has 0 saturated carbocycles. The van der Waals surface area contributed by atoms with E-state index in [4.69, 9.17) is 0 Å². The maximum absolute atomic E-state index is 13.0. The van der Waals surface area contributed by atoms with E-state index in [1.165, 1.54) is 24.1 Å². The molecule has 2 aromatic rings. The van der Waals surface area contributed by atoms with E-state index in [1.807, 2.05) is 10.9 Å². The number of hydrogen-bond donors (Lipinski definition) is 2. The van der Waals surface area contributed by atoms with Crippen LogP contribution >= 0.6 is 12.4 Å². The molecule has 164 valence electrons. The molecule has 0 bridgehead atoms. The highest BCUT2D eigenvalue weighted by Gasteiger charge is 2.24. The molecule has 2 saturated heterocycles. The zero-order valence-electron chi connectivity index (χ0n) is 17.2. The van der Waals surface area contributed by atoms with Crippen LogP contribution in [0.3, 0.4) is 0 Å². The van der Waals surface area contributed by atoms with Crippen molar-refractivity contribution in [3.05, 3.63) is 53.6 Å². The lowest BCUT2D eigenvalue weighted by Crippen LogP contribution is -2.45. The average molecular weight is 436 g/mol. The van der Waals surface area contributed by atoms with Crippen LogP contribution in [0.2, 0.25) is 0 Å². The quantitative estimate of drug-likeness (QED) is 0.701. The van der Waals surface area contributed by atoms with Gasteiger partial charge in [0, 0.05) is 31.4 Å². The molecule has 2 fully saturated rings. The van der Waals surface area contributed by atoms with E-state index in [9.17, 15) is 9.18 Å². The Balaban J connectivity index is 0.00000256. The fraction of sp³-hybridized carbons (Fsp3) is 0.545.